The van der Waals surface area contributed by atoms with Gasteiger partial charge in [-0.05, 0) is 19.3 Å². The number of carboxylic acids is 3. The van der Waals surface area contributed by atoms with Gasteiger partial charge < -0.3 is 47.7 Å². The highest BCUT2D eigenvalue weighted by atomic mass is 16.5. The monoisotopic (exact) mass is 458 g/mol. The van der Waals surface area contributed by atoms with Gasteiger partial charge in [-0.25, -0.2) is 9.59 Å². The Labute approximate surface area is 181 Å². The summed E-state index contributed by atoms with van der Waals surface area (Å²) < 4.78 is 5.12. The Morgan fingerprint density at radius 1 is 1.06 bits per heavy atom. The van der Waals surface area contributed by atoms with Crippen LogP contribution >= 0.6 is 0 Å². The lowest BCUT2D eigenvalue weighted by atomic mass is 10.1. The van der Waals surface area contributed by atoms with Gasteiger partial charge in [0, 0.05) is 13.0 Å². The first-order valence-electron chi connectivity index (χ1n) is 9.37. The predicted molar refractivity (Wildman–Crippen MR) is 106 cm³/mol. The van der Waals surface area contributed by atoms with Crippen molar-refractivity contribution in [3.8, 4) is 0 Å². The average molecular weight is 458 g/mol. The minimum atomic E-state index is -1.67. The molecule has 0 fully saturated rings. The smallest absolute Gasteiger partial charge is 0.326 e. The van der Waals surface area contributed by atoms with Gasteiger partial charge in [0.1, 0.15) is 12.1 Å². The molecule has 32 heavy (non-hydrogen) atoms. The molecule has 0 aliphatic carbocycles. The summed E-state index contributed by atoms with van der Waals surface area (Å²) in [4.78, 5) is 52.8. The molecule has 0 radical (unpaired) electrons. The lowest BCUT2D eigenvalue weighted by Gasteiger charge is -2.18. The number of aliphatic carboxylic acids is 3. The van der Waals surface area contributed by atoms with Gasteiger partial charge in [-0.15, -0.1) is 0 Å². The number of hydrogen-bond donors (Lipinski definition) is 8. The van der Waals surface area contributed by atoms with Gasteiger partial charge >= 0.3 is 23.9 Å². The summed E-state index contributed by atoms with van der Waals surface area (Å²) >= 11 is 0. The van der Waals surface area contributed by atoms with Crippen LogP contribution in [-0.4, -0.2) is 67.9 Å². The molecule has 1 aromatic heterocycles. The van der Waals surface area contributed by atoms with Gasteiger partial charge in [0.15, 0.2) is 11.8 Å². The summed E-state index contributed by atoms with van der Waals surface area (Å²) in [7, 11) is 0. The number of aromatic nitrogens is 2. The van der Waals surface area contributed by atoms with Crippen molar-refractivity contribution in [1.82, 2.24) is 20.8 Å². The standard InChI is InChI=1S/C16H26N8O8/c17-7(3-4-10(25)26)12-23-13(32-24-12)8(2-1-5-20-15(18)19)21-16(31)22-9(14(29)30)6-11(27)28/h7-9H,1-6,17H2,(H,25,26)(H,27,28)(H,29,30)(H4,18,19,20)(H2,21,22,31)/t7-,8-,9-/m0/s1. The van der Waals surface area contributed by atoms with E-state index in [0.29, 0.717) is 6.42 Å². The molecule has 0 spiro atoms. The number of carbonyl (C=O) groups excluding carboxylic acids is 1. The zero-order valence-electron chi connectivity index (χ0n) is 16.9. The van der Waals surface area contributed by atoms with Crippen LogP contribution in [0.4, 0.5) is 4.79 Å². The number of carboxylic acid groups (broad SMARTS) is 3. The van der Waals surface area contributed by atoms with E-state index in [0.717, 1.165) is 0 Å². The van der Waals surface area contributed by atoms with E-state index >= 15 is 0 Å². The van der Waals surface area contributed by atoms with Crippen LogP contribution in [0, 0.1) is 0 Å². The molecule has 3 atom stereocenters. The lowest BCUT2D eigenvalue weighted by molar-refractivity contribution is -0.145. The quantitative estimate of drug-likeness (QED) is 0.0873. The van der Waals surface area contributed by atoms with Crippen LogP contribution in [0.2, 0.25) is 0 Å². The minimum absolute atomic E-state index is 0.0203. The Kier molecular flexibility index (Phi) is 10.3. The maximum absolute atomic E-state index is 12.3. The van der Waals surface area contributed by atoms with Crippen molar-refractivity contribution in [3.05, 3.63) is 11.7 Å². The molecule has 2 amide bonds. The fourth-order valence-corrected chi connectivity index (χ4v) is 2.44. The van der Waals surface area contributed by atoms with Crippen molar-refractivity contribution < 1.29 is 39.0 Å². The Morgan fingerprint density at radius 3 is 2.31 bits per heavy atom. The van der Waals surface area contributed by atoms with Crippen molar-refractivity contribution in [3.63, 3.8) is 0 Å². The second kappa shape index (κ2) is 12.7. The summed E-state index contributed by atoms with van der Waals surface area (Å²) in [6.45, 7) is 0.206. The molecule has 0 aliphatic rings. The number of rotatable bonds is 14. The highest BCUT2D eigenvalue weighted by Crippen LogP contribution is 2.20. The molecule has 16 nitrogen and oxygen atoms in total. The Balaban J connectivity index is 2.91. The molecule has 0 bridgehead atoms. The van der Waals surface area contributed by atoms with E-state index in [4.69, 9.17) is 37.0 Å². The van der Waals surface area contributed by atoms with Gasteiger partial charge in [0.25, 0.3) is 0 Å². The van der Waals surface area contributed by atoms with E-state index in [1.54, 1.807) is 0 Å². The van der Waals surface area contributed by atoms with Gasteiger partial charge in [-0.3, -0.25) is 14.6 Å². The highest BCUT2D eigenvalue weighted by molar-refractivity contribution is 5.86. The topological polar surface area (TPSA) is 282 Å². The number of aliphatic imine (C=N–C) groups is 1. The van der Waals surface area contributed by atoms with Crippen LogP contribution in [-0.2, 0) is 14.4 Å². The molecule has 178 valence electrons. The molecule has 1 aromatic rings. The number of guanidine groups is 1. The Hall–Kier alpha value is -3.95. The molecule has 0 aliphatic heterocycles. The molecule has 11 N–H and O–H groups in total. The number of nitrogens with one attached hydrogen (secondary N) is 2. The second-order valence-electron chi connectivity index (χ2n) is 6.64. The summed E-state index contributed by atoms with van der Waals surface area (Å²) in [5.41, 5.74) is 16.4. The normalized spacial score (nSPS) is 13.4. The molecule has 1 heterocycles. The molecule has 0 unspecified atom stereocenters. The SMILES string of the molecule is NC(N)=NCCC[C@H](NC(=O)N[C@@H](CC(=O)O)C(=O)O)c1nc([C@@H](N)CCC(=O)O)no1. The van der Waals surface area contributed by atoms with E-state index in [9.17, 15) is 19.2 Å². The lowest BCUT2D eigenvalue weighted by Crippen LogP contribution is -2.47. The molecular formula is C16H26N8O8. The van der Waals surface area contributed by atoms with Crippen molar-refractivity contribution in [2.45, 2.75) is 50.2 Å². The fraction of sp³-hybridized carbons (Fsp3) is 0.562. The van der Waals surface area contributed by atoms with Gasteiger partial charge in [-0.2, -0.15) is 4.98 Å². The number of amides is 2. The Morgan fingerprint density at radius 2 is 1.75 bits per heavy atom. The maximum atomic E-state index is 12.3. The molecule has 0 saturated carbocycles. The van der Waals surface area contributed by atoms with Gasteiger partial charge in [-0.1, -0.05) is 5.16 Å². The van der Waals surface area contributed by atoms with Crippen LogP contribution in [0.5, 0.6) is 0 Å². The summed E-state index contributed by atoms with van der Waals surface area (Å²) in [6, 6.07) is -4.40. The number of nitrogens with zero attached hydrogens (tertiary/aromatic N) is 3. The van der Waals surface area contributed by atoms with Gasteiger partial charge in [0.05, 0.1) is 12.5 Å². The summed E-state index contributed by atoms with van der Waals surface area (Å²) in [5, 5.41) is 34.8. The first-order valence-corrected chi connectivity index (χ1v) is 9.37. The van der Waals surface area contributed by atoms with Crippen molar-refractivity contribution >= 4 is 29.9 Å². The van der Waals surface area contributed by atoms with Crippen molar-refractivity contribution in [1.29, 1.82) is 0 Å². The van der Waals surface area contributed by atoms with E-state index in [2.05, 4.69) is 20.4 Å². The van der Waals surface area contributed by atoms with Crippen LogP contribution in [0.3, 0.4) is 0 Å². The minimum Gasteiger partial charge on any atom is -0.481 e. The van der Waals surface area contributed by atoms with Crippen LogP contribution in [0.25, 0.3) is 0 Å². The number of urea groups is 1. The van der Waals surface area contributed by atoms with E-state index in [1.807, 2.05) is 5.32 Å². The molecule has 1 rings (SSSR count). The van der Waals surface area contributed by atoms with Crippen molar-refractivity contribution in [2.75, 3.05) is 6.54 Å². The second-order valence-corrected chi connectivity index (χ2v) is 6.64. The highest BCUT2D eigenvalue weighted by Gasteiger charge is 2.27. The third-order valence-electron chi connectivity index (χ3n) is 3.99. The molecule has 0 saturated heterocycles. The molecule has 0 aromatic carbocycles. The number of hydrogen-bond acceptors (Lipinski definition) is 9. The largest absolute Gasteiger partial charge is 0.481 e. The number of carbonyl (C=O) groups is 4. The average Bonchev–Trinajstić information content (AvgIpc) is 3.17. The van der Waals surface area contributed by atoms with E-state index in [-0.39, 0.29) is 43.5 Å². The maximum Gasteiger partial charge on any atom is 0.326 e. The Bertz CT molecular complexity index is 838. The van der Waals surface area contributed by atoms with Crippen LogP contribution in [0.15, 0.2) is 9.52 Å². The van der Waals surface area contributed by atoms with E-state index < -0.39 is 48.5 Å². The van der Waals surface area contributed by atoms with Gasteiger partial charge in [0.2, 0.25) is 5.89 Å². The first-order chi connectivity index (χ1) is 15.0. The molecule has 16 heteroatoms. The number of nitrogens with two attached hydrogens (primary N) is 3. The zero-order chi connectivity index (χ0) is 24.3. The van der Waals surface area contributed by atoms with E-state index in [1.165, 1.54) is 0 Å². The third-order valence-corrected chi connectivity index (χ3v) is 3.99. The fourth-order valence-electron chi connectivity index (χ4n) is 2.44. The zero-order valence-corrected chi connectivity index (χ0v) is 16.9. The predicted octanol–water partition coefficient (Wildman–Crippen LogP) is -1.74. The summed E-state index contributed by atoms with van der Waals surface area (Å²) in [6.07, 6.45) is -0.461. The first kappa shape index (κ1) is 26.1. The molecular weight excluding hydrogens is 432 g/mol. The van der Waals surface area contributed by atoms with Crippen LogP contribution in [0.1, 0.15) is 55.9 Å². The van der Waals surface area contributed by atoms with Crippen LogP contribution < -0.4 is 27.8 Å². The van der Waals surface area contributed by atoms with Crippen molar-refractivity contribution in [2.24, 2.45) is 22.2 Å². The summed E-state index contributed by atoms with van der Waals surface area (Å²) in [5.74, 6) is -4.17. The third kappa shape index (κ3) is 9.70.